The van der Waals surface area contributed by atoms with Gasteiger partial charge in [-0.1, -0.05) is 24.3 Å². The fourth-order valence-corrected chi connectivity index (χ4v) is 2.78. The maximum atomic E-state index is 11.3. The third kappa shape index (κ3) is 3.30. The maximum absolute atomic E-state index is 11.3. The van der Waals surface area contributed by atoms with Crippen molar-refractivity contribution in [3.63, 3.8) is 0 Å². The number of carboxylic acids is 2. The Bertz CT molecular complexity index is 961. The summed E-state index contributed by atoms with van der Waals surface area (Å²) in [5.41, 5.74) is 2.60. The molecule has 0 fully saturated rings. The second-order valence-electron chi connectivity index (χ2n) is 5.50. The van der Waals surface area contributed by atoms with Crippen molar-refractivity contribution in [1.29, 1.82) is 0 Å². The first kappa shape index (κ1) is 16.5. The smallest absolute Gasteiger partial charge is 0.323 e. The van der Waals surface area contributed by atoms with Crippen molar-refractivity contribution in [3.8, 4) is 17.1 Å². The molecule has 0 unspecified atom stereocenters. The molecule has 0 aliphatic carbocycles. The number of rotatable bonds is 6. The van der Waals surface area contributed by atoms with Crippen molar-refractivity contribution in [2.75, 3.05) is 7.11 Å². The summed E-state index contributed by atoms with van der Waals surface area (Å²) in [4.78, 5) is 26.7. The fourth-order valence-electron chi connectivity index (χ4n) is 2.78. The van der Waals surface area contributed by atoms with Gasteiger partial charge in [0, 0.05) is 11.1 Å². The van der Waals surface area contributed by atoms with Crippen molar-refractivity contribution >= 4 is 23.0 Å². The molecule has 2 aromatic carbocycles. The third-order valence-electron chi connectivity index (χ3n) is 3.83. The van der Waals surface area contributed by atoms with Gasteiger partial charge < -0.3 is 19.5 Å². The molecule has 0 saturated heterocycles. The van der Waals surface area contributed by atoms with E-state index in [9.17, 15) is 14.7 Å². The zero-order valence-corrected chi connectivity index (χ0v) is 13.5. The van der Waals surface area contributed by atoms with E-state index in [2.05, 4.69) is 4.98 Å². The second kappa shape index (κ2) is 6.64. The molecule has 0 aliphatic rings. The third-order valence-corrected chi connectivity index (χ3v) is 3.83. The van der Waals surface area contributed by atoms with Gasteiger partial charge in [-0.15, -0.1) is 0 Å². The first-order valence-corrected chi connectivity index (χ1v) is 7.55. The molecule has 7 heteroatoms. The summed E-state index contributed by atoms with van der Waals surface area (Å²) >= 11 is 0. The predicted molar refractivity (Wildman–Crippen MR) is 90.7 cm³/mol. The molecule has 25 heavy (non-hydrogen) atoms. The molecule has 0 atom stereocenters. The predicted octanol–water partition coefficient (Wildman–Crippen LogP) is 2.42. The van der Waals surface area contributed by atoms with Crippen LogP contribution in [0.25, 0.3) is 22.4 Å². The molecule has 7 nitrogen and oxygen atoms in total. The van der Waals surface area contributed by atoms with Crippen LogP contribution in [0.2, 0.25) is 0 Å². The van der Waals surface area contributed by atoms with E-state index >= 15 is 0 Å². The highest BCUT2D eigenvalue weighted by Gasteiger charge is 2.17. The van der Waals surface area contributed by atoms with Crippen LogP contribution < -0.4 is 4.74 Å². The van der Waals surface area contributed by atoms with Gasteiger partial charge in [0.1, 0.15) is 18.1 Å². The van der Waals surface area contributed by atoms with Crippen LogP contribution in [-0.4, -0.2) is 38.8 Å². The number of hydrogen-bond donors (Lipinski definition) is 2. The quantitative estimate of drug-likeness (QED) is 0.714. The highest BCUT2D eigenvalue weighted by molar-refractivity contribution is 5.83. The molecule has 0 spiro atoms. The minimum absolute atomic E-state index is 0.158. The molecule has 0 saturated carbocycles. The van der Waals surface area contributed by atoms with E-state index in [1.165, 1.54) is 7.11 Å². The van der Waals surface area contributed by atoms with Gasteiger partial charge in [0.15, 0.2) is 0 Å². The number of ether oxygens (including phenoxy) is 1. The van der Waals surface area contributed by atoms with Crippen molar-refractivity contribution in [3.05, 3.63) is 48.0 Å². The van der Waals surface area contributed by atoms with E-state index in [-0.39, 0.29) is 13.0 Å². The molecule has 3 rings (SSSR count). The number of para-hydroxylation sites is 2. The van der Waals surface area contributed by atoms with Crippen molar-refractivity contribution in [2.45, 2.75) is 13.0 Å². The normalized spacial score (nSPS) is 10.8. The first-order chi connectivity index (χ1) is 12.0. The Balaban J connectivity index is 2.15. The summed E-state index contributed by atoms with van der Waals surface area (Å²) in [7, 11) is 1.46. The van der Waals surface area contributed by atoms with Crippen LogP contribution in [0.1, 0.15) is 5.56 Å². The van der Waals surface area contributed by atoms with Crippen LogP contribution in [0.3, 0.4) is 0 Å². The van der Waals surface area contributed by atoms with Gasteiger partial charge in [-0.25, -0.2) is 4.98 Å². The lowest BCUT2D eigenvalue weighted by Crippen LogP contribution is -2.10. The van der Waals surface area contributed by atoms with Gasteiger partial charge in [-0.05, 0) is 18.2 Å². The minimum Gasteiger partial charge on any atom is -0.496 e. The lowest BCUT2D eigenvalue weighted by atomic mass is 10.1. The summed E-state index contributed by atoms with van der Waals surface area (Å²) in [6.07, 6.45) is -0.158. The van der Waals surface area contributed by atoms with Gasteiger partial charge in [-0.3, -0.25) is 9.59 Å². The number of methoxy groups -OCH3 is 1. The number of fused-ring (bicyclic) bond motifs is 1. The Kier molecular flexibility index (Phi) is 4.38. The van der Waals surface area contributed by atoms with E-state index < -0.39 is 11.9 Å². The Morgan fingerprint density at radius 3 is 2.56 bits per heavy atom. The van der Waals surface area contributed by atoms with Crippen LogP contribution in [0.4, 0.5) is 0 Å². The van der Waals surface area contributed by atoms with Crippen molar-refractivity contribution in [1.82, 2.24) is 9.55 Å². The van der Waals surface area contributed by atoms with E-state index in [4.69, 9.17) is 9.84 Å². The van der Waals surface area contributed by atoms with E-state index in [0.29, 0.717) is 33.7 Å². The van der Waals surface area contributed by atoms with Gasteiger partial charge in [0.25, 0.3) is 0 Å². The Labute approximate surface area is 143 Å². The van der Waals surface area contributed by atoms with Crippen LogP contribution in [0.15, 0.2) is 42.5 Å². The average Bonchev–Trinajstić information content (AvgIpc) is 2.93. The number of carbonyl (C=O) groups is 2. The lowest BCUT2D eigenvalue weighted by Gasteiger charge is -2.11. The van der Waals surface area contributed by atoms with Crippen LogP contribution >= 0.6 is 0 Å². The lowest BCUT2D eigenvalue weighted by molar-refractivity contribution is -0.138. The Morgan fingerprint density at radius 2 is 1.88 bits per heavy atom. The van der Waals surface area contributed by atoms with Crippen molar-refractivity contribution in [2.24, 2.45) is 0 Å². The maximum Gasteiger partial charge on any atom is 0.323 e. The first-order valence-electron chi connectivity index (χ1n) is 7.55. The minimum atomic E-state index is -0.973. The largest absolute Gasteiger partial charge is 0.496 e. The highest BCUT2D eigenvalue weighted by Crippen LogP contribution is 2.30. The second-order valence-corrected chi connectivity index (χ2v) is 5.50. The van der Waals surface area contributed by atoms with Crippen LogP contribution in [0.5, 0.6) is 5.75 Å². The number of aliphatic carboxylic acids is 2. The summed E-state index contributed by atoms with van der Waals surface area (Å²) < 4.78 is 6.90. The van der Waals surface area contributed by atoms with E-state index in [1.54, 1.807) is 22.8 Å². The highest BCUT2D eigenvalue weighted by atomic mass is 16.5. The van der Waals surface area contributed by atoms with E-state index in [0.717, 1.165) is 0 Å². The molecule has 0 radical (unpaired) electrons. The number of imidazole rings is 1. The molecule has 0 aliphatic heterocycles. The number of aromatic nitrogens is 2. The molecule has 2 N–H and O–H groups in total. The summed E-state index contributed by atoms with van der Waals surface area (Å²) in [6.45, 7) is -0.227. The zero-order valence-electron chi connectivity index (χ0n) is 13.5. The van der Waals surface area contributed by atoms with Crippen molar-refractivity contribution < 1.29 is 24.5 Å². The molecule has 0 amide bonds. The summed E-state index contributed by atoms with van der Waals surface area (Å²) in [6, 6.07) is 12.3. The number of carboxylic acid groups (broad SMARTS) is 2. The van der Waals surface area contributed by atoms with Gasteiger partial charge in [-0.2, -0.15) is 0 Å². The van der Waals surface area contributed by atoms with Gasteiger partial charge in [0.05, 0.1) is 24.6 Å². The van der Waals surface area contributed by atoms with E-state index in [1.807, 2.05) is 24.3 Å². The molecule has 1 aromatic heterocycles. The average molecular weight is 340 g/mol. The topological polar surface area (TPSA) is 102 Å². The monoisotopic (exact) mass is 340 g/mol. The molecule has 128 valence electrons. The standard InChI is InChI=1S/C18H16N2O5/c1-25-15-8-12(7-6-11(15)9-16(21)22)18-19-13-4-2-3-5-14(13)20(18)10-17(23)24/h2-8H,9-10H2,1H3,(H,21,22)(H,23,24). The molecule has 3 aromatic rings. The summed E-state index contributed by atoms with van der Waals surface area (Å²) in [5.74, 6) is -1.01. The number of nitrogens with zero attached hydrogens (tertiary/aromatic N) is 2. The number of benzene rings is 2. The Hall–Kier alpha value is -3.35. The number of hydrogen-bond acceptors (Lipinski definition) is 4. The van der Waals surface area contributed by atoms with Gasteiger partial charge >= 0.3 is 11.9 Å². The molecular formula is C18H16N2O5. The molecule has 0 bridgehead atoms. The zero-order chi connectivity index (χ0) is 18.0. The molecule has 1 heterocycles. The fraction of sp³-hybridized carbons (Fsp3) is 0.167. The molecular weight excluding hydrogens is 324 g/mol. The van der Waals surface area contributed by atoms with Crippen LogP contribution in [-0.2, 0) is 22.6 Å². The Morgan fingerprint density at radius 1 is 1.12 bits per heavy atom. The van der Waals surface area contributed by atoms with Crippen LogP contribution in [0, 0.1) is 0 Å². The summed E-state index contributed by atoms with van der Waals surface area (Å²) in [5, 5.41) is 18.2. The van der Waals surface area contributed by atoms with Gasteiger partial charge in [0.2, 0.25) is 0 Å². The SMILES string of the molecule is COc1cc(-c2nc3ccccc3n2CC(=O)O)ccc1CC(=O)O.